The predicted octanol–water partition coefficient (Wildman–Crippen LogP) is 3.69. The van der Waals surface area contributed by atoms with Crippen molar-refractivity contribution in [3.63, 3.8) is 0 Å². The lowest BCUT2D eigenvalue weighted by Crippen LogP contribution is -2.51. The van der Waals surface area contributed by atoms with Crippen LogP contribution >= 0.6 is 0 Å². The van der Waals surface area contributed by atoms with E-state index in [2.05, 4.69) is 15.6 Å². The van der Waals surface area contributed by atoms with Crippen molar-refractivity contribution >= 4 is 29.0 Å². The number of benzene rings is 2. The lowest BCUT2D eigenvalue weighted by Gasteiger charge is -2.34. The van der Waals surface area contributed by atoms with Gasteiger partial charge in [0, 0.05) is 61.2 Å². The zero-order valence-electron chi connectivity index (χ0n) is 17.4. The number of amides is 3. The summed E-state index contributed by atoms with van der Waals surface area (Å²) in [5.74, 6) is -0.0485. The van der Waals surface area contributed by atoms with Crippen LogP contribution in [0.15, 0.2) is 73.1 Å². The molecule has 1 aromatic heterocycles. The molecule has 2 N–H and O–H groups in total. The average Bonchev–Trinajstić information content (AvgIpc) is 2.85. The third kappa shape index (κ3) is 5.02. The number of aromatic nitrogens is 1. The molecule has 0 atom stereocenters. The van der Waals surface area contributed by atoms with Crippen LogP contribution < -0.4 is 10.6 Å². The second kappa shape index (κ2) is 9.62. The van der Waals surface area contributed by atoms with Crippen molar-refractivity contribution in [3.8, 4) is 6.07 Å². The van der Waals surface area contributed by atoms with Crippen LogP contribution in [-0.2, 0) is 0 Å². The zero-order valence-corrected chi connectivity index (χ0v) is 17.4. The van der Waals surface area contributed by atoms with E-state index in [0.29, 0.717) is 43.0 Å². The highest BCUT2D eigenvalue weighted by Crippen LogP contribution is 2.18. The average molecular weight is 426 g/mol. The van der Waals surface area contributed by atoms with Crippen LogP contribution in [0.2, 0.25) is 0 Å². The minimum atomic E-state index is -0.214. The topological polar surface area (TPSA) is 101 Å². The third-order valence-corrected chi connectivity index (χ3v) is 5.22. The van der Waals surface area contributed by atoms with Gasteiger partial charge in [0.05, 0.1) is 11.6 Å². The van der Waals surface area contributed by atoms with Crippen molar-refractivity contribution < 1.29 is 9.59 Å². The van der Waals surface area contributed by atoms with E-state index < -0.39 is 0 Å². The predicted molar refractivity (Wildman–Crippen MR) is 122 cm³/mol. The van der Waals surface area contributed by atoms with Gasteiger partial charge in [0.1, 0.15) is 0 Å². The van der Waals surface area contributed by atoms with Crippen LogP contribution in [0.4, 0.5) is 21.9 Å². The van der Waals surface area contributed by atoms with Crippen molar-refractivity contribution in [3.05, 3.63) is 84.2 Å². The van der Waals surface area contributed by atoms with E-state index in [4.69, 9.17) is 5.26 Å². The molecule has 1 saturated heterocycles. The SMILES string of the molecule is N#Cc1ccc(NC(=O)N2CCN(C(=O)c3ccc(Nc4ccncc4)cc3)CC2)cc1. The summed E-state index contributed by atoms with van der Waals surface area (Å²) in [5, 5.41) is 14.9. The number of piperazine rings is 1. The number of nitrogens with zero attached hydrogens (tertiary/aromatic N) is 4. The number of carbonyl (C=O) groups excluding carboxylic acids is 2. The van der Waals surface area contributed by atoms with Gasteiger partial charge >= 0.3 is 6.03 Å². The number of nitrogens with one attached hydrogen (secondary N) is 2. The summed E-state index contributed by atoms with van der Waals surface area (Å²) in [7, 11) is 0. The third-order valence-electron chi connectivity index (χ3n) is 5.22. The Kier molecular flexibility index (Phi) is 6.28. The standard InChI is InChI=1S/C24H22N6O2/c25-17-18-1-5-21(6-2-18)28-24(32)30-15-13-29(14-16-30)23(31)19-3-7-20(8-4-19)27-22-9-11-26-12-10-22/h1-12H,13-16H2,(H,26,27)(H,28,32). The molecular weight excluding hydrogens is 404 g/mol. The largest absolute Gasteiger partial charge is 0.355 e. The van der Waals surface area contributed by atoms with Gasteiger partial charge in [-0.05, 0) is 60.7 Å². The maximum Gasteiger partial charge on any atom is 0.321 e. The summed E-state index contributed by atoms with van der Waals surface area (Å²) < 4.78 is 0. The van der Waals surface area contributed by atoms with E-state index in [9.17, 15) is 9.59 Å². The van der Waals surface area contributed by atoms with Crippen LogP contribution in [0.3, 0.4) is 0 Å². The van der Waals surface area contributed by atoms with E-state index in [1.807, 2.05) is 30.3 Å². The molecular formula is C24H22N6O2. The van der Waals surface area contributed by atoms with Crippen LogP contribution in [0, 0.1) is 11.3 Å². The molecule has 8 nitrogen and oxygen atoms in total. The molecule has 8 heteroatoms. The summed E-state index contributed by atoms with van der Waals surface area (Å²) in [6, 6.07) is 19.6. The molecule has 1 fully saturated rings. The second-order valence-corrected chi connectivity index (χ2v) is 7.34. The molecule has 0 radical (unpaired) electrons. The Balaban J connectivity index is 1.29. The van der Waals surface area contributed by atoms with Gasteiger partial charge in [0.2, 0.25) is 0 Å². The quantitative estimate of drug-likeness (QED) is 0.663. The lowest BCUT2D eigenvalue weighted by molar-refractivity contribution is 0.0671. The Morgan fingerprint density at radius 1 is 0.781 bits per heavy atom. The highest BCUT2D eigenvalue weighted by molar-refractivity contribution is 5.95. The monoisotopic (exact) mass is 426 g/mol. The van der Waals surface area contributed by atoms with E-state index in [0.717, 1.165) is 11.4 Å². The van der Waals surface area contributed by atoms with Crippen molar-refractivity contribution in [2.24, 2.45) is 0 Å². The summed E-state index contributed by atoms with van der Waals surface area (Å²) in [6.45, 7) is 1.85. The van der Waals surface area contributed by atoms with E-state index in [1.165, 1.54) is 0 Å². The smallest absolute Gasteiger partial charge is 0.321 e. The molecule has 0 unspecified atom stereocenters. The van der Waals surface area contributed by atoms with Crippen LogP contribution in [0.25, 0.3) is 0 Å². The summed E-state index contributed by atoms with van der Waals surface area (Å²) in [5.41, 5.74) is 3.59. The number of hydrogen-bond donors (Lipinski definition) is 2. The molecule has 0 bridgehead atoms. The number of rotatable bonds is 4. The van der Waals surface area contributed by atoms with Crippen LogP contribution in [-0.4, -0.2) is 52.9 Å². The Labute approximate surface area is 186 Å². The molecule has 2 aromatic carbocycles. The Morgan fingerprint density at radius 2 is 1.34 bits per heavy atom. The minimum absolute atomic E-state index is 0.0485. The second-order valence-electron chi connectivity index (χ2n) is 7.34. The number of nitriles is 1. The molecule has 2 heterocycles. The molecule has 160 valence electrons. The highest BCUT2D eigenvalue weighted by atomic mass is 16.2. The van der Waals surface area contributed by atoms with Crippen LogP contribution in [0.5, 0.6) is 0 Å². The van der Waals surface area contributed by atoms with Crippen LogP contribution in [0.1, 0.15) is 15.9 Å². The molecule has 0 spiro atoms. The fourth-order valence-electron chi connectivity index (χ4n) is 3.42. The van der Waals surface area contributed by atoms with Crippen molar-refractivity contribution in [1.82, 2.24) is 14.8 Å². The molecule has 0 aliphatic carbocycles. The van der Waals surface area contributed by atoms with Crippen molar-refractivity contribution in [2.75, 3.05) is 36.8 Å². The highest BCUT2D eigenvalue weighted by Gasteiger charge is 2.25. The molecule has 1 aliphatic heterocycles. The van der Waals surface area contributed by atoms with Crippen molar-refractivity contribution in [1.29, 1.82) is 5.26 Å². The van der Waals surface area contributed by atoms with Crippen molar-refractivity contribution in [2.45, 2.75) is 0 Å². The summed E-state index contributed by atoms with van der Waals surface area (Å²) in [6.07, 6.45) is 3.43. The first-order valence-corrected chi connectivity index (χ1v) is 10.2. The summed E-state index contributed by atoms with van der Waals surface area (Å²) >= 11 is 0. The number of urea groups is 1. The first-order chi connectivity index (χ1) is 15.6. The molecule has 3 aromatic rings. The van der Waals surface area contributed by atoms with Gasteiger partial charge in [-0.3, -0.25) is 9.78 Å². The van der Waals surface area contributed by atoms with E-state index in [-0.39, 0.29) is 11.9 Å². The van der Waals surface area contributed by atoms with Gasteiger partial charge in [-0.25, -0.2) is 4.79 Å². The van der Waals surface area contributed by atoms with Gasteiger partial charge in [0.15, 0.2) is 0 Å². The lowest BCUT2D eigenvalue weighted by atomic mass is 10.1. The number of carbonyl (C=O) groups is 2. The summed E-state index contributed by atoms with van der Waals surface area (Å²) in [4.78, 5) is 32.8. The number of anilines is 3. The molecule has 1 aliphatic rings. The first kappa shape index (κ1) is 20.9. The fraction of sp³-hybridized carbons (Fsp3) is 0.167. The fourth-order valence-corrected chi connectivity index (χ4v) is 3.42. The Hall–Kier alpha value is -4.38. The first-order valence-electron chi connectivity index (χ1n) is 10.2. The van der Waals surface area contributed by atoms with Gasteiger partial charge in [-0.15, -0.1) is 0 Å². The Morgan fingerprint density at radius 3 is 1.97 bits per heavy atom. The number of hydrogen-bond acceptors (Lipinski definition) is 5. The maximum absolute atomic E-state index is 12.8. The van der Waals surface area contributed by atoms with Gasteiger partial charge in [-0.1, -0.05) is 0 Å². The van der Waals surface area contributed by atoms with Gasteiger partial charge in [0.25, 0.3) is 5.91 Å². The zero-order chi connectivity index (χ0) is 22.3. The van der Waals surface area contributed by atoms with E-state index in [1.54, 1.807) is 58.6 Å². The maximum atomic E-state index is 12.8. The van der Waals surface area contributed by atoms with Gasteiger partial charge in [-0.2, -0.15) is 5.26 Å². The minimum Gasteiger partial charge on any atom is -0.355 e. The molecule has 3 amide bonds. The molecule has 0 saturated carbocycles. The molecule has 4 rings (SSSR count). The Bertz CT molecular complexity index is 1120. The van der Waals surface area contributed by atoms with E-state index >= 15 is 0 Å². The molecule has 32 heavy (non-hydrogen) atoms. The number of pyridine rings is 1. The normalized spacial score (nSPS) is 13.2. The van der Waals surface area contributed by atoms with Gasteiger partial charge < -0.3 is 20.4 Å².